The van der Waals surface area contributed by atoms with E-state index in [0.29, 0.717) is 16.7 Å². The van der Waals surface area contributed by atoms with Crippen LogP contribution in [0.25, 0.3) is 11.1 Å². The quantitative estimate of drug-likeness (QED) is 0.396. The van der Waals surface area contributed by atoms with Crippen LogP contribution in [0.5, 0.6) is 0 Å². The number of rotatable bonds is 5. The number of carboxylic acids is 1. The second-order valence-corrected chi connectivity index (χ2v) is 4.39. The van der Waals surface area contributed by atoms with E-state index in [1.54, 1.807) is 30.3 Å². The third-order valence-electron chi connectivity index (χ3n) is 2.96. The molecule has 22 heavy (non-hydrogen) atoms. The molecule has 0 aliphatic carbocycles. The summed E-state index contributed by atoms with van der Waals surface area (Å²) in [5.74, 6) is -1.65. The fourth-order valence-electron chi connectivity index (χ4n) is 1.93. The van der Waals surface area contributed by atoms with Crippen molar-refractivity contribution in [1.29, 1.82) is 0 Å². The van der Waals surface area contributed by atoms with E-state index in [1.165, 1.54) is 18.2 Å². The average molecular weight is 297 g/mol. The Morgan fingerprint density at radius 3 is 2.23 bits per heavy atom. The zero-order valence-electron chi connectivity index (χ0n) is 11.3. The van der Waals surface area contributed by atoms with Gasteiger partial charge in [-0.05, 0) is 17.7 Å². The van der Waals surface area contributed by atoms with Crippen LogP contribution in [0.2, 0.25) is 0 Å². The van der Waals surface area contributed by atoms with Gasteiger partial charge in [-0.15, -0.1) is 0 Å². The lowest BCUT2D eigenvalue weighted by atomic mass is 10.0. The van der Waals surface area contributed by atoms with Crippen molar-refractivity contribution in [2.75, 3.05) is 0 Å². The van der Waals surface area contributed by atoms with Gasteiger partial charge in [0.25, 0.3) is 5.69 Å². The number of nitro benzene ring substituents is 1. The lowest BCUT2D eigenvalue weighted by Gasteiger charge is -2.04. The van der Waals surface area contributed by atoms with Gasteiger partial charge in [0, 0.05) is 17.7 Å². The molecular weight excluding hydrogens is 286 g/mol. The minimum Gasteiger partial charge on any atom is -0.478 e. The molecular formula is C16H11NO5. The van der Waals surface area contributed by atoms with E-state index in [-0.39, 0.29) is 5.69 Å². The highest BCUT2D eigenvalue weighted by Gasteiger charge is 2.14. The Morgan fingerprint density at radius 2 is 1.64 bits per heavy atom. The van der Waals surface area contributed by atoms with Crippen LogP contribution in [-0.2, 0) is 4.79 Å². The fourth-order valence-corrected chi connectivity index (χ4v) is 1.93. The summed E-state index contributed by atoms with van der Waals surface area (Å²) in [6.07, 6.45) is 1.72. The third kappa shape index (κ3) is 3.43. The number of para-hydroxylation sites is 1. The third-order valence-corrected chi connectivity index (χ3v) is 2.96. The van der Waals surface area contributed by atoms with E-state index in [2.05, 4.69) is 0 Å². The van der Waals surface area contributed by atoms with E-state index < -0.39 is 16.7 Å². The Morgan fingerprint density at radius 1 is 1.00 bits per heavy atom. The smallest absolute Gasteiger partial charge is 0.328 e. The summed E-state index contributed by atoms with van der Waals surface area (Å²) in [5.41, 5.74) is 1.34. The maximum absolute atomic E-state index is 11.7. The molecule has 0 saturated heterocycles. The number of aliphatic carboxylic acids is 1. The maximum atomic E-state index is 11.7. The molecule has 0 unspecified atom stereocenters. The summed E-state index contributed by atoms with van der Waals surface area (Å²) in [6, 6.07) is 12.5. The van der Waals surface area contributed by atoms with Crippen LogP contribution in [0.4, 0.5) is 5.69 Å². The first-order chi connectivity index (χ1) is 10.5. The highest BCUT2D eigenvalue weighted by Crippen LogP contribution is 2.29. The number of ketones is 1. The Labute approximate surface area is 125 Å². The SMILES string of the molecule is O=C(O)C=CC(=O)c1ccc(-c2ccccc2[N+](=O)[O-])cc1. The van der Waals surface area contributed by atoms with Crippen molar-refractivity contribution in [2.24, 2.45) is 0 Å². The first-order valence-electron chi connectivity index (χ1n) is 6.28. The summed E-state index contributed by atoms with van der Waals surface area (Å²) in [7, 11) is 0. The second-order valence-electron chi connectivity index (χ2n) is 4.39. The molecule has 0 fully saturated rings. The lowest BCUT2D eigenvalue weighted by Crippen LogP contribution is -1.97. The maximum Gasteiger partial charge on any atom is 0.328 e. The molecule has 0 bridgehead atoms. The summed E-state index contributed by atoms with van der Waals surface area (Å²) in [5, 5.41) is 19.5. The number of nitrogens with zero attached hydrogens (tertiary/aromatic N) is 1. The predicted octanol–water partition coefficient (Wildman–Crippen LogP) is 3.09. The molecule has 0 aliphatic heterocycles. The van der Waals surface area contributed by atoms with Crippen molar-refractivity contribution < 1.29 is 19.6 Å². The van der Waals surface area contributed by atoms with Crippen LogP contribution >= 0.6 is 0 Å². The topological polar surface area (TPSA) is 97.5 Å². The second kappa shape index (κ2) is 6.45. The zero-order valence-corrected chi connectivity index (χ0v) is 11.3. The standard InChI is InChI=1S/C16H11NO5/c18-15(9-10-16(19)20)12-7-5-11(6-8-12)13-3-1-2-4-14(13)17(21)22/h1-10H,(H,19,20). The van der Waals surface area contributed by atoms with E-state index in [1.807, 2.05) is 0 Å². The molecule has 0 spiro atoms. The molecule has 0 aliphatic rings. The van der Waals surface area contributed by atoms with Gasteiger partial charge in [0.15, 0.2) is 5.78 Å². The molecule has 2 aromatic carbocycles. The molecule has 0 radical (unpaired) electrons. The molecule has 0 saturated carbocycles. The van der Waals surface area contributed by atoms with Crippen LogP contribution in [0.3, 0.4) is 0 Å². The molecule has 0 amide bonds. The molecule has 6 heteroatoms. The van der Waals surface area contributed by atoms with Gasteiger partial charge < -0.3 is 5.11 Å². The molecule has 2 rings (SSSR count). The zero-order chi connectivity index (χ0) is 16.1. The van der Waals surface area contributed by atoms with Crippen molar-refractivity contribution in [3.63, 3.8) is 0 Å². The molecule has 0 heterocycles. The van der Waals surface area contributed by atoms with Gasteiger partial charge in [-0.25, -0.2) is 4.79 Å². The number of carbonyl (C=O) groups is 2. The van der Waals surface area contributed by atoms with Crippen molar-refractivity contribution >= 4 is 17.4 Å². The highest BCUT2D eigenvalue weighted by atomic mass is 16.6. The molecule has 0 atom stereocenters. The van der Waals surface area contributed by atoms with E-state index in [9.17, 15) is 19.7 Å². The molecule has 6 nitrogen and oxygen atoms in total. The van der Waals surface area contributed by atoms with Crippen molar-refractivity contribution in [3.05, 3.63) is 76.4 Å². The van der Waals surface area contributed by atoms with E-state index in [4.69, 9.17) is 5.11 Å². The predicted molar refractivity (Wildman–Crippen MR) is 79.6 cm³/mol. The average Bonchev–Trinajstić information content (AvgIpc) is 2.52. The summed E-state index contributed by atoms with van der Waals surface area (Å²) in [4.78, 5) is 32.6. The Kier molecular flexibility index (Phi) is 4.43. The Bertz CT molecular complexity index is 762. The highest BCUT2D eigenvalue weighted by molar-refractivity contribution is 6.07. The number of nitro groups is 1. The van der Waals surface area contributed by atoms with Crippen LogP contribution in [-0.4, -0.2) is 21.8 Å². The largest absolute Gasteiger partial charge is 0.478 e. The Balaban J connectivity index is 2.32. The van der Waals surface area contributed by atoms with Gasteiger partial charge in [0.2, 0.25) is 0 Å². The van der Waals surface area contributed by atoms with Gasteiger partial charge in [-0.2, -0.15) is 0 Å². The van der Waals surface area contributed by atoms with Gasteiger partial charge in [-0.1, -0.05) is 36.4 Å². The first kappa shape index (κ1) is 15.1. The van der Waals surface area contributed by atoms with Crippen molar-refractivity contribution in [3.8, 4) is 11.1 Å². The summed E-state index contributed by atoms with van der Waals surface area (Å²) >= 11 is 0. The monoisotopic (exact) mass is 297 g/mol. The number of allylic oxidation sites excluding steroid dienone is 1. The molecule has 110 valence electrons. The van der Waals surface area contributed by atoms with Crippen molar-refractivity contribution in [1.82, 2.24) is 0 Å². The van der Waals surface area contributed by atoms with Gasteiger partial charge in [0.1, 0.15) is 0 Å². The number of carboxylic acid groups (broad SMARTS) is 1. The van der Waals surface area contributed by atoms with Crippen molar-refractivity contribution in [2.45, 2.75) is 0 Å². The van der Waals surface area contributed by atoms with E-state index >= 15 is 0 Å². The van der Waals surface area contributed by atoms with Gasteiger partial charge in [-0.3, -0.25) is 14.9 Å². The molecule has 1 N–H and O–H groups in total. The number of benzene rings is 2. The van der Waals surface area contributed by atoms with Crippen LogP contribution < -0.4 is 0 Å². The van der Waals surface area contributed by atoms with Gasteiger partial charge in [0.05, 0.1) is 10.5 Å². The summed E-state index contributed by atoms with van der Waals surface area (Å²) < 4.78 is 0. The van der Waals surface area contributed by atoms with Crippen LogP contribution in [0.15, 0.2) is 60.7 Å². The number of hydrogen-bond acceptors (Lipinski definition) is 4. The van der Waals surface area contributed by atoms with Crippen LogP contribution in [0.1, 0.15) is 10.4 Å². The van der Waals surface area contributed by atoms with E-state index in [0.717, 1.165) is 12.2 Å². The normalized spacial score (nSPS) is 10.5. The molecule has 2 aromatic rings. The Hall–Kier alpha value is -3.28. The minimum atomic E-state index is -1.20. The summed E-state index contributed by atoms with van der Waals surface area (Å²) in [6.45, 7) is 0. The molecule has 0 aromatic heterocycles. The fraction of sp³-hybridized carbons (Fsp3) is 0. The first-order valence-corrected chi connectivity index (χ1v) is 6.28. The minimum absolute atomic E-state index is 0.0210. The van der Waals surface area contributed by atoms with Crippen LogP contribution in [0, 0.1) is 10.1 Å². The lowest BCUT2D eigenvalue weighted by molar-refractivity contribution is -0.384. The number of carbonyl (C=O) groups excluding carboxylic acids is 1. The van der Waals surface area contributed by atoms with Gasteiger partial charge >= 0.3 is 5.97 Å². The number of hydrogen-bond donors (Lipinski definition) is 1.